The second-order valence-corrected chi connectivity index (χ2v) is 5.50. The van der Waals surface area contributed by atoms with Crippen LogP contribution in [0.25, 0.3) is 20.7 Å². The molecule has 0 bridgehead atoms. The molecule has 3 aromatic rings. The van der Waals surface area contributed by atoms with Gasteiger partial charge in [-0.05, 0) is 23.8 Å². The van der Waals surface area contributed by atoms with Gasteiger partial charge in [-0.2, -0.15) is 0 Å². The van der Waals surface area contributed by atoms with Crippen molar-refractivity contribution in [2.24, 2.45) is 0 Å². The van der Waals surface area contributed by atoms with E-state index in [4.69, 9.17) is 21.1 Å². The van der Waals surface area contributed by atoms with Gasteiger partial charge in [0.2, 0.25) is 0 Å². The van der Waals surface area contributed by atoms with Crippen LogP contribution in [-0.4, -0.2) is 24.2 Å². The fourth-order valence-electron chi connectivity index (χ4n) is 1.92. The zero-order valence-corrected chi connectivity index (χ0v) is 12.5. The number of ether oxygens (including phenoxy) is 2. The average molecular weight is 307 g/mol. The smallest absolute Gasteiger partial charge is 0.150 e. The van der Waals surface area contributed by atoms with E-state index < -0.39 is 0 Å². The summed E-state index contributed by atoms with van der Waals surface area (Å²) in [7, 11) is 3.26. The Bertz CT molecular complexity index is 751. The van der Waals surface area contributed by atoms with Gasteiger partial charge in [0.25, 0.3) is 0 Å². The quantitative estimate of drug-likeness (QED) is 0.685. The molecule has 3 rings (SSSR count). The average Bonchev–Trinajstić information content (AvgIpc) is 2.92. The standard InChI is InChI=1S/C14H11ClN2O2S/c1-18-9-3-8(4-10(5-9)19-2)12-6-11-13(20-12)14(15)17-7-16-11/h3-7H,1-2H3. The van der Waals surface area contributed by atoms with E-state index in [-0.39, 0.29) is 0 Å². The predicted molar refractivity (Wildman–Crippen MR) is 81.0 cm³/mol. The first-order valence-corrected chi connectivity index (χ1v) is 7.04. The molecule has 1 aromatic carbocycles. The first-order valence-electron chi connectivity index (χ1n) is 5.84. The van der Waals surface area contributed by atoms with E-state index in [2.05, 4.69) is 9.97 Å². The molecule has 0 saturated carbocycles. The van der Waals surface area contributed by atoms with Crippen LogP contribution in [0.5, 0.6) is 11.5 Å². The minimum absolute atomic E-state index is 0.473. The molecule has 2 aromatic heterocycles. The van der Waals surface area contributed by atoms with Gasteiger partial charge < -0.3 is 9.47 Å². The van der Waals surface area contributed by atoms with E-state index in [1.165, 1.54) is 6.33 Å². The van der Waals surface area contributed by atoms with Crippen molar-refractivity contribution in [1.29, 1.82) is 0 Å². The molecule has 0 aliphatic carbocycles. The van der Waals surface area contributed by atoms with Crippen molar-refractivity contribution in [2.45, 2.75) is 0 Å². The second-order valence-electron chi connectivity index (χ2n) is 4.09. The molecule has 0 spiro atoms. The molecule has 20 heavy (non-hydrogen) atoms. The number of halogens is 1. The number of fused-ring (bicyclic) bond motifs is 1. The molecule has 0 unspecified atom stereocenters. The molecular weight excluding hydrogens is 296 g/mol. The van der Waals surface area contributed by atoms with E-state index in [0.29, 0.717) is 5.15 Å². The van der Waals surface area contributed by atoms with Gasteiger partial charge in [-0.3, -0.25) is 0 Å². The van der Waals surface area contributed by atoms with Crippen molar-refractivity contribution < 1.29 is 9.47 Å². The highest BCUT2D eigenvalue weighted by molar-refractivity contribution is 7.22. The van der Waals surface area contributed by atoms with Crippen LogP contribution < -0.4 is 9.47 Å². The van der Waals surface area contributed by atoms with Crippen LogP contribution in [0.1, 0.15) is 0 Å². The summed E-state index contributed by atoms with van der Waals surface area (Å²) in [5.74, 6) is 1.49. The zero-order chi connectivity index (χ0) is 14.1. The number of methoxy groups -OCH3 is 2. The van der Waals surface area contributed by atoms with Gasteiger partial charge in [0.05, 0.1) is 24.4 Å². The van der Waals surface area contributed by atoms with E-state index in [1.807, 2.05) is 24.3 Å². The summed E-state index contributed by atoms with van der Waals surface area (Å²) in [6.07, 6.45) is 1.47. The van der Waals surface area contributed by atoms with E-state index >= 15 is 0 Å². The summed E-state index contributed by atoms with van der Waals surface area (Å²) >= 11 is 7.63. The number of rotatable bonds is 3. The van der Waals surface area contributed by atoms with Crippen molar-refractivity contribution >= 4 is 33.2 Å². The number of thiophene rings is 1. The van der Waals surface area contributed by atoms with Crippen LogP contribution in [0, 0.1) is 0 Å². The Balaban J connectivity index is 2.17. The Labute approximate surface area is 125 Å². The lowest BCUT2D eigenvalue weighted by molar-refractivity contribution is 0.394. The van der Waals surface area contributed by atoms with E-state index in [1.54, 1.807) is 25.6 Å². The minimum Gasteiger partial charge on any atom is -0.497 e. The highest BCUT2D eigenvalue weighted by Gasteiger charge is 2.11. The summed E-state index contributed by atoms with van der Waals surface area (Å²) in [5.41, 5.74) is 1.84. The van der Waals surface area contributed by atoms with Gasteiger partial charge in [0, 0.05) is 10.9 Å². The van der Waals surface area contributed by atoms with Crippen LogP contribution in [0.2, 0.25) is 5.15 Å². The molecule has 0 aliphatic rings. The molecule has 0 aliphatic heterocycles. The highest BCUT2D eigenvalue weighted by atomic mass is 35.5. The van der Waals surface area contributed by atoms with Crippen molar-refractivity contribution in [3.63, 3.8) is 0 Å². The van der Waals surface area contributed by atoms with Crippen molar-refractivity contribution in [1.82, 2.24) is 9.97 Å². The minimum atomic E-state index is 0.473. The Hall–Kier alpha value is -1.85. The summed E-state index contributed by atoms with van der Waals surface area (Å²) in [6.45, 7) is 0. The number of hydrogen-bond donors (Lipinski definition) is 0. The number of benzene rings is 1. The molecule has 6 heteroatoms. The van der Waals surface area contributed by atoms with Gasteiger partial charge in [-0.15, -0.1) is 11.3 Å². The highest BCUT2D eigenvalue weighted by Crippen LogP contribution is 2.38. The molecule has 0 radical (unpaired) electrons. The monoisotopic (exact) mass is 306 g/mol. The Morgan fingerprint density at radius 3 is 2.30 bits per heavy atom. The lowest BCUT2D eigenvalue weighted by atomic mass is 10.1. The number of aromatic nitrogens is 2. The maximum atomic E-state index is 6.08. The Morgan fingerprint density at radius 2 is 1.70 bits per heavy atom. The fraction of sp³-hybridized carbons (Fsp3) is 0.143. The third kappa shape index (κ3) is 2.30. The van der Waals surface area contributed by atoms with Gasteiger partial charge in [0.1, 0.15) is 23.0 Å². The first-order chi connectivity index (χ1) is 9.71. The Morgan fingerprint density at radius 1 is 1.00 bits per heavy atom. The van der Waals surface area contributed by atoms with E-state index in [0.717, 1.165) is 32.2 Å². The first kappa shape index (κ1) is 13.1. The van der Waals surface area contributed by atoms with Crippen molar-refractivity contribution in [3.05, 3.63) is 35.7 Å². The lowest BCUT2D eigenvalue weighted by Gasteiger charge is -2.06. The topological polar surface area (TPSA) is 44.2 Å². The molecular formula is C14H11ClN2O2S. The van der Waals surface area contributed by atoms with Crippen LogP contribution in [0.4, 0.5) is 0 Å². The van der Waals surface area contributed by atoms with Crippen LogP contribution >= 0.6 is 22.9 Å². The number of nitrogens with zero attached hydrogens (tertiary/aromatic N) is 2. The third-order valence-electron chi connectivity index (χ3n) is 2.90. The second kappa shape index (κ2) is 5.26. The molecule has 0 fully saturated rings. The third-order valence-corrected chi connectivity index (χ3v) is 4.48. The predicted octanol–water partition coefficient (Wildman–Crippen LogP) is 4.03. The number of hydrogen-bond acceptors (Lipinski definition) is 5. The van der Waals surface area contributed by atoms with E-state index in [9.17, 15) is 0 Å². The van der Waals surface area contributed by atoms with Gasteiger partial charge in [-0.1, -0.05) is 11.6 Å². The lowest BCUT2D eigenvalue weighted by Crippen LogP contribution is -1.87. The van der Waals surface area contributed by atoms with Gasteiger partial charge in [-0.25, -0.2) is 9.97 Å². The molecule has 4 nitrogen and oxygen atoms in total. The maximum Gasteiger partial charge on any atom is 0.150 e. The van der Waals surface area contributed by atoms with Crippen LogP contribution in [0.15, 0.2) is 30.6 Å². The molecule has 0 N–H and O–H groups in total. The normalized spacial score (nSPS) is 10.8. The molecule has 0 atom stereocenters. The van der Waals surface area contributed by atoms with Crippen molar-refractivity contribution in [3.8, 4) is 21.9 Å². The molecule has 102 valence electrons. The summed E-state index contributed by atoms with van der Waals surface area (Å²) in [6, 6.07) is 7.73. The van der Waals surface area contributed by atoms with Gasteiger partial charge >= 0.3 is 0 Å². The van der Waals surface area contributed by atoms with Gasteiger partial charge in [0.15, 0.2) is 0 Å². The maximum absolute atomic E-state index is 6.08. The largest absolute Gasteiger partial charge is 0.497 e. The molecule has 0 saturated heterocycles. The summed E-state index contributed by atoms with van der Waals surface area (Å²) in [5, 5.41) is 0.473. The molecule has 0 amide bonds. The summed E-state index contributed by atoms with van der Waals surface area (Å²) < 4.78 is 11.5. The van der Waals surface area contributed by atoms with Crippen LogP contribution in [0.3, 0.4) is 0 Å². The zero-order valence-electron chi connectivity index (χ0n) is 10.9. The van der Waals surface area contributed by atoms with Crippen LogP contribution in [-0.2, 0) is 0 Å². The van der Waals surface area contributed by atoms with Crippen molar-refractivity contribution in [2.75, 3.05) is 14.2 Å². The molecule has 2 heterocycles. The fourth-order valence-corrected chi connectivity index (χ4v) is 3.15. The SMILES string of the molecule is COc1cc(OC)cc(-c2cc3ncnc(Cl)c3s2)c1. The summed E-state index contributed by atoms with van der Waals surface area (Å²) in [4.78, 5) is 9.26. The Kier molecular flexibility index (Phi) is 3.46.